The van der Waals surface area contributed by atoms with Crippen molar-refractivity contribution in [2.75, 3.05) is 0 Å². The Balaban J connectivity index is 3.19. The number of nitriles is 2. The van der Waals surface area contributed by atoms with Gasteiger partial charge in [0.1, 0.15) is 12.1 Å². The Kier molecular flexibility index (Phi) is 2.73. The van der Waals surface area contributed by atoms with Crippen molar-refractivity contribution in [3.63, 3.8) is 0 Å². The van der Waals surface area contributed by atoms with Crippen LogP contribution in [0, 0.1) is 22.7 Å². The van der Waals surface area contributed by atoms with Crippen molar-refractivity contribution in [3.8, 4) is 12.1 Å². The molecule has 1 N–H and O–H groups in total. The third kappa shape index (κ3) is 1.90. The molecule has 0 aliphatic heterocycles. The second kappa shape index (κ2) is 3.79. The highest BCUT2D eigenvalue weighted by molar-refractivity contribution is 9.10. The second-order valence-corrected chi connectivity index (χ2v) is 2.83. The number of aliphatic hydroxyl groups is 1. The molecule has 0 unspecified atom stereocenters. The Labute approximate surface area is 82.4 Å². The summed E-state index contributed by atoms with van der Waals surface area (Å²) in [5.41, 5.74) is -0.373. The van der Waals surface area contributed by atoms with Gasteiger partial charge >= 0.3 is 0 Å². The zero-order valence-electron chi connectivity index (χ0n) is 6.28. The lowest BCUT2D eigenvalue weighted by molar-refractivity contribution is 0.449. The fourth-order valence-corrected chi connectivity index (χ4v) is 1.00. The van der Waals surface area contributed by atoms with Crippen LogP contribution in [-0.4, -0.2) is 5.11 Å². The van der Waals surface area contributed by atoms with Crippen LogP contribution in [0.1, 0.15) is 5.76 Å². The molecule has 0 aliphatic carbocycles. The molecule has 0 aliphatic rings. The summed E-state index contributed by atoms with van der Waals surface area (Å²) < 4.78 is 5.36. The molecule has 0 fully saturated rings. The SMILES string of the molecule is N#CC(C#N)=C(O)c1ccc(Br)o1. The van der Waals surface area contributed by atoms with Crippen LogP contribution in [0.3, 0.4) is 0 Å². The fraction of sp³-hybridized carbons (Fsp3) is 0. The molecule has 0 spiro atoms. The zero-order chi connectivity index (χ0) is 9.84. The number of allylic oxidation sites excluding steroid dienone is 1. The Hall–Kier alpha value is -1.72. The minimum Gasteiger partial charge on any atom is -0.503 e. The van der Waals surface area contributed by atoms with Crippen LogP contribution in [0.2, 0.25) is 0 Å². The third-order valence-electron chi connectivity index (χ3n) is 1.27. The van der Waals surface area contributed by atoms with E-state index in [0.29, 0.717) is 4.67 Å². The molecular weight excluding hydrogens is 236 g/mol. The Morgan fingerprint density at radius 3 is 2.38 bits per heavy atom. The minimum atomic E-state index is -0.448. The number of hydrogen-bond donors (Lipinski definition) is 1. The average molecular weight is 239 g/mol. The van der Waals surface area contributed by atoms with Gasteiger partial charge in [0, 0.05) is 0 Å². The van der Waals surface area contributed by atoms with Crippen LogP contribution < -0.4 is 0 Å². The molecule has 5 heteroatoms. The highest BCUT2D eigenvalue weighted by atomic mass is 79.9. The molecule has 0 bridgehead atoms. The van der Waals surface area contributed by atoms with Gasteiger partial charge < -0.3 is 9.52 Å². The molecule has 0 saturated carbocycles. The van der Waals surface area contributed by atoms with Crippen molar-refractivity contribution in [2.45, 2.75) is 0 Å². The van der Waals surface area contributed by atoms with Crippen molar-refractivity contribution in [3.05, 3.63) is 28.1 Å². The standard InChI is InChI=1S/C8H3BrN2O2/c9-7-2-1-6(13-7)8(12)5(3-10)4-11/h1-2,12H. The van der Waals surface area contributed by atoms with E-state index < -0.39 is 5.76 Å². The van der Waals surface area contributed by atoms with Crippen LogP contribution in [0.25, 0.3) is 5.76 Å². The zero-order valence-corrected chi connectivity index (χ0v) is 7.87. The Morgan fingerprint density at radius 2 is 2.00 bits per heavy atom. The maximum atomic E-state index is 9.31. The summed E-state index contributed by atoms with van der Waals surface area (Å²) in [6, 6.07) is 6.11. The molecule has 0 radical (unpaired) electrons. The summed E-state index contributed by atoms with van der Waals surface area (Å²) in [6.07, 6.45) is 0. The monoisotopic (exact) mass is 238 g/mol. The molecule has 1 heterocycles. The van der Waals surface area contributed by atoms with Crippen molar-refractivity contribution in [2.24, 2.45) is 0 Å². The first-order chi connectivity index (χ1) is 6.19. The van der Waals surface area contributed by atoms with Crippen molar-refractivity contribution >= 4 is 21.7 Å². The van der Waals surface area contributed by atoms with Gasteiger partial charge in [-0.1, -0.05) is 0 Å². The van der Waals surface area contributed by atoms with E-state index in [9.17, 15) is 5.11 Å². The van der Waals surface area contributed by atoms with E-state index in [1.54, 1.807) is 18.2 Å². The first kappa shape index (κ1) is 9.37. The summed E-state index contributed by atoms with van der Waals surface area (Å²) in [4.78, 5) is 0. The number of aliphatic hydroxyl groups excluding tert-OH is 1. The van der Waals surface area contributed by atoms with Gasteiger partial charge in [0.05, 0.1) is 0 Å². The maximum Gasteiger partial charge on any atom is 0.187 e. The second-order valence-electron chi connectivity index (χ2n) is 2.05. The van der Waals surface area contributed by atoms with Crippen molar-refractivity contribution in [1.29, 1.82) is 10.5 Å². The van der Waals surface area contributed by atoms with Gasteiger partial charge in [-0.15, -0.1) is 0 Å². The number of hydrogen-bond acceptors (Lipinski definition) is 4. The highest BCUT2D eigenvalue weighted by Crippen LogP contribution is 2.21. The van der Waals surface area contributed by atoms with Gasteiger partial charge in [0.15, 0.2) is 21.8 Å². The molecule has 0 amide bonds. The van der Waals surface area contributed by atoms with Gasteiger partial charge in [0.25, 0.3) is 0 Å². The Morgan fingerprint density at radius 1 is 1.38 bits per heavy atom. The summed E-state index contributed by atoms with van der Waals surface area (Å²) >= 11 is 3.03. The smallest absolute Gasteiger partial charge is 0.187 e. The first-order valence-corrected chi connectivity index (χ1v) is 3.97. The highest BCUT2D eigenvalue weighted by Gasteiger charge is 2.10. The van der Waals surface area contributed by atoms with Crippen molar-refractivity contribution < 1.29 is 9.52 Å². The van der Waals surface area contributed by atoms with Gasteiger partial charge in [-0.3, -0.25) is 0 Å². The largest absolute Gasteiger partial charge is 0.503 e. The van der Waals surface area contributed by atoms with E-state index in [2.05, 4.69) is 15.9 Å². The van der Waals surface area contributed by atoms with Gasteiger partial charge in [-0.05, 0) is 28.1 Å². The van der Waals surface area contributed by atoms with Crippen LogP contribution >= 0.6 is 15.9 Å². The van der Waals surface area contributed by atoms with Crippen LogP contribution in [-0.2, 0) is 0 Å². The van der Waals surface area contributed by atoms with E-state index in [1.807, 2.05) is 0 Å². The van der Waals surface area contributed by atoms with Crippen LogP contribution in [0.5, 0.6) is 0 Å². The first-order valence-electron chi connectivity index (χ1n) is 3.18. The average Bonchev–Trinajstić information content (AvgIpc) is 2.54. The topological polar surface area (TPSA) is 81.0 Å². The molecule has 1 rings (SSSR count). The molecule has 1 aromatic heterocycles. The number of rotatable bonds is 1. The van der Waals surface area contributed by atoms with E-state index in [4.69, 9.17) is 14.9 Å². The lowest BCUT2D eigenvalue weighted by Gasteiger charge is -1.92. The third-order valence-corrected chi connectivity index (χ3v) is 1.69. The molecule has 13 heavy (non-hydrogen) atoms. The van der Waals surface area contributed by atoms with Gasteiger partial charge in [-0.25, -0.2) is 0 Å². The van der Waals surface area contributed by atoms with E-state index in [-0.39, 0.29) is 11.3 Å². The number of furan rings is 1. The van der Waals surface area contributed by atoms with Crippen molar-refractivity contribution in [1.82, 2.24) is 0 Å². The van der Waals surface area contributed by atoms with Gasteiger partial charge in [0.2, 0.25) is 0 Å². The summed E-state index contributed by atoms with van der Waals surface area (Å²) in [5, 5.41) is 26.2. The number of nitrogens with zero attached hydrogens (tertiary/aromatic N) is 2. The van der Waals surface area contributed by atoms with Gasteiger partial charge in [-0.2, -0.15) is 10.5 Å². The van der Waals surface area contributed by atoms with E-state index in [1.165, 1.54) is 6.07 Å². The van der Waals surface area contributed by atoms with Crippen LogP contribution in [0.15, 0.2) is 26.8 Å². The predicted molar refractivity (Wildman–Crippen MR) is 47.2 cm³/mol. The normalized spacial score (nSPS) is 8.54. The minimum absolute atomic E-state index is 0.0879. The molecule has 4 nitrogen and oxygen atoms in total. The molecule has 0 atom stereocenters. The quantitative estimate of drug-likeness (QED) is 0.602. The molecule has 64 valence electrons. The predicted octanol–water partition coefficient (Wildman–Crippen LogP) is 2.36. The summed E-state index contributed by atoms with van der Waals surface area (Å²) in [7, 11) is 0. The molecule has 0 aromatic carbocycles. The van der Waals surface area contributed by atoms with E-state index >= 15 is 0 Å². The molecular formula is C8H3BrN2O2. The summed E-state index contributed by atoms with van der Waals surface area (Å²) in [6.45, 7) is 0. The molecule has 1 aromatic rings. The van der Waals surface area contributed by atoms with Crippen LogP contribution in [0.4, 0.5) is 0 Å². The van der Waals surface area contributed by atoms with E-state index in [0.717, 1.165) is 0 Å². The summed E-state index contributed by atoms with van der Waals surface area (Å²) in [5.74, 6) is -0.360. The lowest BCUT2D eigenvalue weighted by Crippen LogP contribution is -1.84. The fourth-order valence-electron chi connectivity index (χ4n) is 0.696. The maximum absolute atomic E-state index is 9.31. The molecule has 0 saturated heterocycles. The number of halogens is 1. The lowest BCUT2D eigenvalue weighted by atomic mass is 10.2. The Bertz CT molecular complexity index is 418.